The van der Waals surface area contributed by atoms with E-state index in [9.17, 15) is 4.79 Å². The van der Waals surface area contributed by atoms with Gasteiger partial charge in [0.2, 0.25) is 5.91 Å². The summed E-state index contributed by atoms with van der Waals surface area (Å²) in [4.78, 5) is 24.7. The topological polar surface area (TPSA) is 75.1 Å². The molecule has 4 heterocycles. The third-order valence-electron chi connectivity index (χ3n) is 7.02. The van der Waals surface area contributed by atoms with Gasteiger partial charge in [0.15, 0.2) is 10.2 Å². The minimum Gasteiger partial charge on any atom is -0.352 e. The van der Waals surface area contributed by atoms with E-state index in [0.717, 1.165) is 44.4 Å². The number of aryl methyl sites for hydroxylation is 1. The second-order valence-electron chi connectivity index (χ2n) is 9.40. The highest BCUT2D eigenvalue weighted by atomic mass is 32.1. The van der Waals surface area contributed by atoms with E-state index in [-0.39, 0.29) is 18.0 Å². The lowest BCUT2D eigenvalue weighted by atomic mass is 10.0. The smallest absolute Gasteiger partial charge is 0.226 e. The maximum atomic E-state index is 13.0. The molecule has 196 valence electrons. The fourth-order valence-corrected chi connectivity index (χ4v) is 6.43. The van der Waals surface area contributed by atoms with Crippen molar-refractivity contribution in [2.24, 2.45) is 0 Å². The number of rotatable bonds is 8. The standard InChI is InChI=1S/C30H28N6OS2/c1-2-20-10-3-4-11-21(20)32-26(37)16-19-36-28(27(34-29(36)38)23-13-7-8-17-31-23)24-14-9-18-35(24)30-33-22-12-5-6-15-25(22)39-30/h3-15,17-18,27-28H,2,16,19H2,1H3,(H,32,37)(H,34,38)/t27-,28+/m0/s1. The van der Waals surface area contributed by atoms with E-state index in [2.05, 4.69) is 44.1 Å². The van der Waals surface area contributed by atoms with Crippen molar-refractivity contribution in [2.75, 3.05) is 11.9 Å². The number of pyridine rings is 1. The fourth-order valence-electron chi connectivity index (χ4n) is 5.13. The zero-order valence-electron chi connectivity index (χ0n) is 21.4. The summed E-state index contributed by atoms with van der Waals surface area (Å²) in [6.45, 7) is 2.55. The van der Waals surface area contributed by atoms with Crippen LogP contribution in [0.25, 0.3) is 15.3 Å². The van der Waals surface area contributed by atoms with Crippen LogP contribution in [0.2, 0.25) is 0 Å². The predicted molar refractivity (Wildman–Crippen MR) is 160 cm³/mol. The van der Waals surface area contributed by atoms with E-state index in [4.69, 9.17) is 17.2 Å². The van der Waals surface area contributed by atoms with Crippen molar-refractivity contribution in [2.45, 2.75) is 31.8 Å². The molecular weight excluding hydrogens is 525 g/mol. The molecule has 2 atom stereocenters. The monoisotopic (exact) mass is 552 g/mol. The lowest BCUT2D eigenvalue weighted by molar-refractivity contribution is -0.116. The molecule has 0 saturated carbocycles. The van der Waals surface area contributed by atoms with Crippen molar-refractivity contribution in [3.8, 4) is 5.13 Å². The van der Waals surface area contributed by atoms with Gasteiger partial charge >= 0.3 is 0 Å². The van der Waals surface area contributed by atoms with Gasteiger partial charge in [-0.2, -0.15) is 0 Å². The van der Waals surface area contributed by atoms with E-state index in [1.54, 1.807) is 17.5 Å². The Morgan fingerprint density at radius 1 is 1.05 bits per heavy atom. The molecule has 7 nitrogen and oxygen atoms in total. The number of benzene rings is 2. The first-order chi connectivity index (χ1) is 19.1. The Morgan fingerprint density at radius 3 is 2.69 bits per heavy atom. The van der Waals surface area contributed by atoms with E-state index in [0.29, 0.717) is 18.1 Å². The minimum atomic E-state index is -0.176. The van der Waals surface area contributed by atoms with Crippen LogP contribution in [-0.2, 0) is 11.2 Å². The second-order valence-corrected chi connectivity index (χ2v) is 10.8. The number of thiazole rings is 1. The molecule has 0 spiro atoms. The molecule has 0 unspecified atom stereocenters. The van der Waals surface area contributed by atoms with Crippen molar-refractivity contribution in [1.82, 2.24) is 24.8 Å². The largest absolute Gasteiger partial charge is 0.352 e. The molecule has 3 aromatic heterocycles. The van der Waals surface area contributed by atoms with Crippen molar-refractivity contribution >= 4 is 50.5 Å². The number of carbonyl (C=O) groups is 1. The Hall–Kier alpha value is -4.08. The van der Waals surface area contributed by atoms with Gasteiger partial charge in [-0.3, -0.25) is 14.3 Å². The van der Waals surface area contributed by atoms with E-state index in [1.807, 2.05) is 72.9 Å². The normalized spacial score (nSPS) is 16.9. The van der Waals surface area contributed by atoms with E-state index < -0.39 is 0 Å². The maximum Gasteiger partial charge on any atom is 0.226 e. The summed E-state index contributed by atoms with van der Waals surface area (Å²) in [5.41, 5.74) is 4.88. The Morgan fingerprint density at radius 2 is 1.87 bits per heavy atom. The van der Waals surface area contributed by atoms with Gasteiger partial charge in [-0.1, -0.05) is 54.7 Å². The Kier molecular flexibility index (Phi) is 7.08. The summed E-state index contributed by atoms with van der Waals surface area (Å²) in [7, 11) is 0. The highest BCUT2D eigenvalue weighted by Gasteiger charge is 2.41. The van der Waals surface area contributed by atoms with Gasteiger partial charge in [0.25, 0.3) is 0 Å². The molecule has 1 amide bonds. The van der Waals surface area contributed by atoms with Crippen LogP contribution in [0.3, 0.4) is 0 Å². The van der Waals surface area contributed by atoms with Gasteiger partial charge in [-0.15, -0.1) is 0 Å². The Labute approximate surface area is 236 Å². The zero-order valence-corrected chi connectivity index (χ0v) is 23.1. The number of hydrogen-bond donors (Lipinski definition) is 2. The minimum absolute atomic E-state index is 0.0414. The van der Waals surface area contributed by atoms with E-state index >= 15 is 0 Å². The molecule has 1 aliphatic heterocycles. The van der Waals surface area contributed by atoms with Gasteiger partial charge < -0.3 is 15.5 Å². The third-order valence-corrected chi connectivity index (χ3v) is 8.41. The molecule has 0 bridgehead atoms. The highest BCUT2D eigenvalue weighted by Crippen LogP contribution is 2.40. The molecule has 39 heavy (non-hydrogen) atoms. The number of nitrogens with zero attached hydrogens (tertiary/aromatic N) is 4. The Bertz CT molecular complexity index is 1600. The van der Waals surface area contributed by atoms with Crippen LogP contribution in [0.1, 0.15) is 42.4 Å². The van der Waals surface area contributed by atoms with Crippen LogP contribution >= 0.6 is 23.6 Å². The fraction of sp³-hybridized carbons (Fsp3) is 0.200. The number of fused-ring (bicyclic) bond motifs is 1. The van der Waals surface area contributed by atoms with Gasteiger partial charge in [0.1, 0.15) is 0 Å². The quantitative estimate of drug-likeness (QED) is 0.229. The van der Waals surface area contributed by atoms with Gasteiger partial charge in [0, 0.05) is 31.0 Å². The van der Waals surface area contributed by atoms with Crippen molar-refractivity contribution in [3.63, 3.8) is 0 Å². The van der Waals surface area contributed by atoms with E-state index in [1.165, 1.54) is 0 Å². The molecule has 0 aliphatic carbocycles. The number of amides is 1. The van der Waals surface area contributed by atoms with Crippen LogP contribution in [0.4, 0.5) is 5.69 Å². The molecule has 6 rings (SSSR count). The third kappa shape index (κ3) is 5.03. The van der Waals surface area contributed by atoms with Crippen LogP contribution in [0, 0.1) is 0 Å². The SMILES string of the molecule is CCc1ccccc1NC(=O)CCN1C(=S)N[C@@H](c2ccccn2)[C@H]1c1cccn1-c1nc2ccccc2s1. The zero-order chi connectivity index (χ0) is 26.8. The number of para-hydroxylation sites is 2. The molecule has 2 aromatic carbocycles. The average molecular weight is 553 g/mol. The summed E-state index contributed by atoms with van der Waals surface area (Å²) in [5, 5.41) is 8.08. The predicted octanol–water partition coefficient (Wildman–Crippen LogP) is 6.05. The van der Waals surface area contributed by atoms with Gasteiger partial charge in [-0.25, -0.2) is 4.98 Å². The van der Waals surface area contributed by atoms with Gasteiger partial charge in [-0.05, 0) is 66.7 Å². The first-order valence-electron chi connectivity index (χ1n) is 13.0. The molecular formula is C30H28N6OS2. The Balaban J connectivity index is 1.31. The number of thiocarbonyl (C=S) groups is 1. The molecule has 0 radical (unpaired) electrons. The summed E-state index contributed by atoms with van der Waals surface area (Å²) < 4.78 is 3.26. The summed E-state index contributed by atoms with van der Waals surface area (Å²) in [6, 6.07) is 25.8. The van der Waals surface area contributed by atoms with Crippen LogP contribution < -0.4 is 10.6 Å². The van der Waals surface area contributed by atoms with Crippen LogP contribution in [-0.4, -0.2) is 37.0 Å². The number of carbonyl (C=O) groups excluding carboxylic acids is 1. The summed E-state index contributed by atoms with van der Waals surface area (Å²) in [5.74, 6) is -0.0414. The number of hydrogen-bond acceptors (Lipinski definition) is 5. The number of nitrogens with one attached hydrogen (secondary N) is 2. The van der Waals surface area contributed by atoms with Crippen molar-refractivity contribution < 1.29 is 4.79 Å². The highest BCUT2D eigenvalue weighted by molar-refractivity contribution is 7.80. The molecule has 1 saturated heterocycles. The van der Waals surface area contributed by atoms with Crippen molar-refractivity contribution in [1.29, 1.82) is 0 Å². The first-order valence-corrected chi connectivity index (χ1v) is 14.2. The summed E-state index contributed by atoms with van der Waals surface area (Å²) >= 11 is 7.49. The second kappa shape index (κ2) is 11.0. The lowest BCUT2D eigenvalue weighted by Crippen LogP contribution is -2.33. The van der Waals surface area contributed by atoms with Crippen molar-refractivity contribution in [3.05, 3.63) is 108 Å². The molecule has 9 heteroatoms. The molecule has 1 aliphatic rings. The maximum absolute atomic E-state index is 13.0. The molecule has 2 N–H and O–H groups in total. The molecule has 5 aromatic rings. The number of aromatic nitrogens is 3. The van der Waals surface area contributed by atoms with Crippen LogP contribution in [0.15, 0.2) is 91.3 Å². The number of anilines is 1. The van der Waals surface area contributed by atoms with Crippen LogP contribution in [0.5, 0.6) is 0 Å². The molecule has 1 fully saturated rings. The average Bonchev–Trinajstić information content (AvgIpc) is 3.69. The first kappa shape index (κ1) is 25.2. The lowest BCUT2D eigenvalue weighted by Gasteiger charge is -2.28. The summed E-state index contributed by atoms with van der Waals surface area (Å²) in [6.07, 6.45) is 4.99. The van der Waals surface area contributed by atoms with Gasteiger partial charge in [0.05, 0.1) is 33.7 Å².